The maximum absolute atomic E-state index is 13.7. The summed E-state index contributed by atoms with van der Waals surface area (Å²) >= 11 is 0. The van der Waals surface area contributed by atoms with Crippen molar-refractivity contribution in [1.82, 2.24) is 0 Å². The molecule has 0 aliphatic carbocycles. The third-order valence-electron chi connectivity index (χ3n) is 2.38. The number of rotatable bonds is 5. The van der Waals surface area contributed by atoms with Crippen LogP contribution >= 0.6 is 12.4 Å². The fourth-order valence-electron chi connectivity index (χ4n) is 1.48. The van der Waals surface area contributed by atoms with Gasteiger partial charge in [0.2, 0.25) is 6.17 Å². The van der Waals surface area contributed by atoms with Crippen molar-refractivity contribution < 1.29 is 23.2 Å². The highest BCUT2D eigenvalue weighted by atomic mass is 35.5. The van der Waals surface area contributed by atoms with Crippen LogP contribution in [0.4, 0.5) is 14.5 Å². The SMILES string of the molecule is CCOC(=O)C(F)[C@H](N)c1ccc(F)cc1[N+](=O)[O-].Cl. The van der Waals surface area contributed by atoms with Crippen molar-refractivity contribution in [1.29, 1.82) is 0 Å². The molecule has 0 aliphatic heterocycles. The molecule has 0 radical (unpaired) electrons. The van der Waals surface area contributed by atoms with Gasteiger partial charge >= 0.3 is 5.97 Å². The fourth-order valence-corrected chi connectivity index (χ4v) is 1.48. The number of nitro benzene ring substituents is 1. The van der Waals surface area contributed by atoms with E-state index in [1.807, 2.05) is 0 Å². The van der Waals surface area contributed by atoms with Crippen molar-refractivity contribution in [2.24, 2.45) is 5.73 Å². The molecule has 0 aliphatic rings. The van der Waals surface area contributed by atoms with E-state index in [9.17, 15) is 23.7 Å². The summed E-state index contributed by atoms with van der Waals surface area (Å²) in [6.45, 7) is 1.44. The van der Waals surface area contributed by atoms with Crippen LogP contribution in [0.25, 0.3) is 0 Å². The van der Waals surface area contributed by atoms with Crippen LogP contribution in [0.15, 0.2) is 18.2 Å². The molecular weight excluding hydrogens is 298 g/mol. The smallest absolute Gasteiger partial charge is 0.342 e. The van der Waals surface area contributed by atoms with Gasteiger partial charge in [0.25, 0.3) is 5.69 Å². The van der Waals surface area contributed by atoms with Crippen LogP contribution in [0.1, 0.15) is 18.5 Å². The average molecular weight is 311 g/mol. The number of carbonyl (C=O) groups is 1. The molecule has 2 atom stereocenters. The molecule has 0 fully saturated rings. The number of carbonyl (C=O) groups excluding carboxylic acids is 1. The summed E-state index contributed by atoms with van der Waals surface area (Å²) in [7, 11) is 0. The standard InChI is InChI=1S/C11H12F2N2O4.ClH/c1-2-19-11(16)9(13)10(14)7-4-3-6(12)5-8(7)15(17)18;/h3-5,9-10H,2,14H2,1H3;1H/t9?,10-;/m1./s1. The average Bonchev–Trinajstić information content (AvgIpc) is 2.37. The summed E-state index contributed by atoms with van der Waals surface area (Å²) in [5.41, 5.74) is 4.50. The minimum atomic E-state index is -2.26. The quantitative estimate of drug-likeness (QED) is 0.510. The maximum Gasteiger partial charge on any atom is 0.342 e. The molecule has 1 aromatic carbocycles. The van der Waals surface area contributed by atoms with E-state index in [1.54, 1.807) is 0 Å². The number of nitro groups is 1. The van der Waals surface area contributed by atoms with Crippen LogP contribution < -0.4 is 5.73 Å². The van der Waals surface area contributed by atoms with Gasteiger partial charge in [-0.3, -0.25) is 10.1 Å². The number of nitrogens with two attached hydrogens (primary N) is 1. The molecule has 1 unspecified atom stereocenters. The zero-order valence-corrected chi connectivity index (χ0v) is 11.2. The predicted molar refractivity (Wildman–Crippen MR) is 68.8 cm³/mol. The molecule has 0 spiro atoms. The topological polar surface area (TPSA) is 95.5 Å². The van der Waals surface area contributed by atoms with Crippen molar-refractivity contribution >= 4 is 24.1 Å². The van der Waals surface area contributed by atoms with E-state index < -0.39 is 34.6 Å². The summed E-state index contributed by atoms with van der Waals surface area (Å²) in [5.74, 6) is -2.07. The summed E-state index contributed by atoms with van der Waals surface area (Å²) in [6, 6.07) is 0.900. The Bertz CT molecular complexity index is 501. The van der Waals surface area contributed by atoms with Crippen molar-refractivity contribution in [2.45, 2.75) is 19.1 Å². The Labute approximate surface area is 119 Å². The first-order valence-corrected chi connectivity index (χ1v) is 5.38. The second kappa shape index (κ2) is 7.71. The van der Waals surface area contributed by atoms with Crippen LogP contribution in [0.3, 0.4) is 0 Å². The molecule has 2 N–H and O–H groups in total. The van der Waals surface area contributed by atoms with Gasteiger partial charge in [0.15, 0.2) is 0 Å². The number of halogens is 3. The van der Waals surface area contributed by atoms with Gasteiger partial charge in [-0.1, -0.05) is 0 Å². The molecule has 6 nitrogen and oxygen atoms in total. The first-order valence-electron chi connectivity index (χ1n) is 5.38. The van der Waals surface area contributed by atoms with Crippen LogP contribution in [-0.2, 0) is 9.53 Å². The molecule has 0 saturated heterocycles. The normalized spacial score (nSPS) is 13.0. The van der Waals surface area contributed by atoms with Crippen molar-refractivity contribution in [3.05, 3.63) is 39.7 Å². The van der Waals surface area contributed by atoms with Crippen molar-refractivity contribution in [3.63, 3.8) is 0 Å². The molecule has 0 heterocycles. The highest BCUT2D eigenvalue weighted by Crippen LogP contribution is 2.28. The summed E-state index contributed by atoms with van der Waals surface area (Å²) in [4.78, 5) is 21.0. The van der Waals surface area contributed by atoms with E-state index >= 15 is 0 Å². The summed E-state index contributed by atoms with van der Waals surface area (Å²) in [6.07, 6.45) is -2.26. The number of hydrogen-bond donors (Lipinski definition) is 1. The van der Waals surface area contributed by atoms with Crippen LogP contribution in [0, 0.1) is 15.9 Å². The van der Waals surface area contributed by atoms with E-state index in [1.165, 1.54) is 6.92 Å². The Morgan fingerprint density at radius 3 is 2.65 bits per heavy atom. The molecule has 1 rings (SSSR count). The Balaban J connectivity index is 0.00000361. The van der Waals surface area contributed by atoms with Crippen LogP contribution in [0.5, 0.6) is 0 Å². The van der Waals surface area contributed by atoms with Gasteiger partial charge in [0.1, 0.15) is 5.82 Å². The fraction of sp³-hybridized carbons (Fsp3) is 0.364. The second-order valence-electron chi connectivity index (χ2n) is 3.64. The van der Waals surface area contributed by atoms with E-state index in [0.717, 1.165) is 12.1 Å². The van der Waals surface area contributed by atoms with Crippen LogP contribution in [0.2, 0.25) is 0 Å². The lowest BCUT2D eigenvalue weighted by molar-refractivity contribution is -0.386. The Morgan fingerprint density at radius 1 is 1.55 bits per heavy atom. The van der Waals surface area contributed by atoms with E-state index in [0.29, 0.717) is 6.07 Å². The maximum atomic E-state index is 13.7. The molecule has 0 amide bonds. The van der Waals surface area contributed by atoms with Gasteiger partial charge in [-0.25, -0.2) is 13.6 Å². The van der Waals surface area contributed by atoms with Crippen molar-refractivity contribution in [3.8, 4) is 0 Å². The third kappa shape index (κ3) is 4.10. The summed E-state index contributed by atoms with van der Waals surface area (Å²) in [5, 5.41) is 10.7. The lowest BCUT2D eigenvalue weighted by atomic mass is 10.0. The number of benzene rings is 1. The molecule has 0 aromatic heterocycles. The number of esters is 1. The largest absolute Gasteiger partial charge is 0.464 e. The van der Waals surface area contributed by atoms with Gasteiger partial charge in [-0.15, -0.1) is 12.4 Å². The lowest BCUT2D eigenvalue weighted by Gasteiger charge is -2.15. The molecule has 9 heteroatoms. The van der Waals surface area contributed by atoms with Crippen molar-refractivity contribution in [2.75, 3.05) is 6.61 Å². The lowest BCUT2D eigenvalue weighted by Crippen LogP contribution is -2.32. The minimum Gasteiger partial charge on any atom is -0.464 e. The number of ether oxygens (including phenoxy) is 1. The predicted octanol–water partition coefficient (Wildman–Crippen LogP) is 2.06. The summed E-state index contributed by atoms with van der Waals surface area (Å²) < 4.78 is 31.0. The Hall–Kier alpha value is -1.80. The molecule has 20 heavy (non-hydrogen) atoms. The highest BCUT2D eigenvalue weighted by molar-refractivity contribution is 5.85. The Kier molecular flexibility index (Phi) is 7.01. The van der Waals surface area contributed by atoms with Crippen LogP contribution in [-0.4, -0.2) is 23.7 Å². The molecule has 1 aromatic rings. The molecule has 0 bridgehead atoms. The zero-order chi connectivity index (χ0) is 14.6. The zero-order valence-electron chi connectivity index (χ0n) is 10.4. The van der Waals surface area contributed by atoms with E-state index in [2.05, 4.69) is 4.74 Å². The van der Waals surface area contributed by atoms with E-state index in [4.69, 9.17) is 5.73 Å². The van der Waals surface area contributed by atoms with Gasteiger partial charge in [0.05, 0.1) is 29.2 Å². The third-order valence-corrected chi connectivity index (χ3v) is 2.38. The highest BCUT2D eigenvalue weighted by Gasteiger charge is 2.32. The minimum absolute atomic E-state index is 0. The number of alkyl halides is 1. The molecular formula is C11H13ClF2N2O4. The molecule has 0 saturated carbocycles. The number of nitrogens with zero attached hydrogens (tertiary/aromatic N) is 1. The van der Waals surface area contributed by atoms with Gasteiger partial charge < -0.3 is 10.5 Å². The van der Waals surface area contributed by atoms with Gasteiger partial charge in [-0.2, -0.15) is 0 Å². The Morgan fingerprint density at radius 2 is 2.15 bits per heavy atom. The first-order chi connectivity index (χ1) is 8.88. The molecule has 112 valence electrons. The van der Waals surface area contributed by atoms with Gasteiger partial charge in [0, 0.05) is 0 Å². The second-order valence-corrected chi connectivity index (χ2v) is 3.64. The number of hydrogen-bond acceptors (Lipinski definition) is 5. The van der Waals surface area contributed by atoms with E-state index in [-0.39, 0.29) is 24.6 Å². The van der Waals surface area contributed by atoms with Gasteiger partial charge in [-0.05, 0) is 19.1 Å². The first kappa shape index (κ1) is 18.2. The monoisotopic (exact) mass is 310 g/mol.